The van der Waals surface area contributed by atoms with Crippen molar-refractivity contribution < 1.29 is 23.0 Å². The van der Waals surface area contributed by atoms with Crippen molar-refractivity contribution in [3.8, 4) is 17.0 Å². The fourth-order valence-electron chi connectivity index (χ4n) is 4.09. The molecule has 5 rings (SSSR count). The van der Waals surface area contributed by atoms with Crippen LogP contribution in [0.15, 0.2) is 49.1 Å². The van der Waals surface area contributed by atoms with Crippen LogP contribution in [0.3, 0.4) is 0 Å². The second kappa shape index (κ2) is 10.6. The molecule has 9 nitrogen and oxygen atoms in total. The van der Waals surface area contributed by atoms with Crippen molar-refractivity contribution in [1.29, 1.82) is 0 Å². The molecule has 1 aliphatic carbocycles. The number of fused-ring (bicyclic) bond motifs is 1. The summed E-state index contributed by atoms with van der Waals surface area (Å²) in [5.74, 6) is -0.0829. The number of nitrogens with zero attached hydrogens (tertiary/aromatic N) is 5. The zero-order valence-electron chi connectivity index (χ0n) is 21.5. The molecule has 1 N–H and O–H groups in total. The van der Waals surface area contributed by atoms with E-state index in [-0.39, 0.29) is 18.0 Å². The van der Waals surface area contributed by atoms with Crippen LogP contribution < -0.4 is 10.1 Å². The van der Waals surface area contributed by atoms with E-state index in [9.17, 15) is 13.6 Å². The molecule has 0 bridgehead atoms. The zero-order chi connectivity index (χ0) is 26.9. The smallest absolute Gasteiger partial charge is 0.387 e. The van der Waals surface area contributed by atoms with E-state index in [0.29, 0.717) is 35.1 Å². The number of aromatic nitrogens is 5. The van der Waals surface area contributed by atoms with E-state index in [1.54, 1.807) is 41.5 Å². The van der Waals surface area contributed by atoms with Gasteiger partial charge in [-0.3, -0.25) is 4.79 Å². The van der Waals surface area contributed by atoms with Gasteiger partial charge in [-0.05, 0) is 48.6 Å². The van der Waals surface area contributed by atoms with Crippen molar-refractivity contribution in [3.63, 3.8) is 0 Å². The molecule has 1 fully saturated rings. The molecule has 0 atom stereocenters. The van der Waals surface area contributed by atoms with Crippen LogP contribution >= 0.6 is 0 Å². The van der Waals surface area contributed by atoms with Crippen LogP contribution in [0, 0.1) is 0 Å². The maximum Gasteiger partial charge on any atom is 0.387 e. The number of hydrogen-bond donors (Lipinski definition) is 1. The van der Waals surface area contributed by atoms with E-state index in [1.165, 1.54) is 10.7 Å². The molecule has 12 heteroatoms. The molecular weight excluding hydrogens is 510 g/mol. The summed E-state index contributed by atoms with van der Waals surface area (Å²) < 4.78 is 40.3. The molecule has 0 aliphatic heterocycles. The van der Waals surface area contributed by atoms with Crippen molar-refractivity contribution in [1.82, 2.24) is 24.4 Å². The SMILES string of the molecule is C[Si](C)(C)CCOCn1cc(NC(=O)c2cnn3cccnc23)c(-c2cc(C3CC3)ccc2OC(F)F)n1. The van der Waals surface area contributed by atoms with Gasteiger partial charge in [0.2, 0.25) is 0 Å². The first-order chi connectivity index (χ1) is 18.2. The van der Waals surface area contributed by atoms with Crippen LogP contribution in [-0.4, -0.2) is 51.6 Å². The minimum Gasteiger partial charge on any atom is -0.434 e. The summed E-state index contributed by atoms with van der Waals surface area (Å²) in [6, 6.07) is 7.87. The number of nitrogens with one attached hydrogen (secondary N) is 1. The summed E-state index contributed by atoms with van der Waals surface area (Å²) in [4.78, 5) is 17.5. The van der Waals surface area contributed by atoms with Crippen LogP contribution in [0.1, 0.15) is 34.7 Å². The number of carbonyl (C=O) groups is 1. The van der Waals surface area contributed by atoms with E-state index >= 15 is 0 Å². The number of anilines is 1. The topological polar surface area (TPSA) is 95.6 Å². The Kier molecular flexibility index (Phi) is 7.26. The number of halogens is 2. The maximum absolute atomic E-state index is 13.3. The number of amides is 1. The molecule has 1 aliphatic rings. The van der Waals surface area contributed by atoms with E-state index < -0.39 is 20.6 Å². The van der Waals surface area contributed by atoms with Crippen molar-refractivity contribution in [2.75, 3.05) is 11.9 Å². The Labute approximate surface area is 219 Å². The van der Waals surface area contributed by atoms with Gasteiger partial charge in [0.15, 0.2) is 5.65 Å². The molecule has 38 heavy (non-hydrogen) atoms. The summed E-state index contributed by atoms with van der Waals surface area (Å²) in [6.45, 7) is 4.53. The Balaban J connectivity index is 1.49. The number of benzene rings is 1. The molecule has 3 aromatic heterocycles. The monoisotopic (exact) mass is 540 g/mol. The molecule has 4 aromatic rings. The van der Waals surface area contributed by atoms with Crippen molar-refractivity contribution >= 4 is 25.3 Å². The summed E-state index contributed by atoms with van der Waals surface area (Å²) in [7, 11) is -1.28. The normalized spacial score (nSPS) is 13.8. The van der Waals surface area contributed by atoms with Gasteiger partial charge in [0.05, 0.1) is 18.1 Å². The third kappa shape index (κ3) is 6.08. The predicted molar refractivity (Wildman–Crippen MR) is 141 cm³/mol. The molecule has 0 saturated heterocycles. The maximum atomic E-state index is 13.3. The summed E-state index contributed by atoms with van der Waals surface area (Å²) in [5.41, 5.74) is 2.72. The lowest BCUT2D eigenvalue weighted by Crippen LogP contribution is -2.22. The minimum absolute atomic E-state index is 0.0116. The molecular formula is C26H30F2N6O3Si. The van der Waals surface area contributed by atoms with Crippen LogP contribution in [0.4, 0.5) is 14.5 Å². The predicted octanol–water partition coefficient (Wildman–Crippen LogP) is 5.64. The summed E-state index contributed by atoms with van der Waals surface area (Å²) in [6.07, 6.45) is 8.42. The van der Waals surface area contributed by atoms with Crippen LogP contribution in [0.5, 0.6) is 5.75 Å². The lowest BCUT2D eigenvalue weighted by molar-refractivity contribution is -0.0494. The Bertz CT molecular complexity index is 1440. The first kappa shape index (κ1) is 26.0. The third-order valence-electron chi connectivity index (χ3n) is 6.28. The van der Waals surface area contributed by atoms with Gasteiger partial charge in [-0.2, -0.15) is 19.0 Å². The van der Waals surface area contributed by atoms with Crippen LogP contribution in [0.25, 0.3) is 16.9 Å². The molecule has 0 spiro atoms. The van der Waals surface area contributed by atoms with Crippen molar-refractivity contribution in [2.24, 2.45) is 0 Å². The molecule has 200 valence electrons. The zero-order valence-corrected chi connectivity index (χ0v) is 22.5. The van der Waals surface area contributed by atoms with E-state index in [2.05, 4.69) is 40.1 Å². The quantitative estimate of drug-likeness (QED) is 0.196. The fourth-order valence-corrected chi connectivity index (χ4v) is 4.85. The Morgan fingerprint density at radius 2 is 2.08 bits per heavy atom. The van der Waals surface area contributed by atoms with Crippen LogP contribution in [-0.2, 0) is 11.5 Å². The fraction of sp³-hybridized carbons (Fsp3) is 0.385. The highest BCUT2D eigenvalue weighted by molar-refractivity contribution is 6.76. The molecule has 0 unspecified atom stereocenters. The number of carbonyl (C=O) groups excluding carboxylic acids is 1. The van der Waals surface area contributed by atoms with Gasteiger partial charge in [-0.15, -0.1) is 0 Å². The lowest BCUT2D eigenvalue weighted by Gasteiger charge is -2.15. The van der Waals surface area contributed by atoms with E-state index in [4.69, 9.17) is 9.47 Å². The van der Waals surface area contributed by atoms with E-state index in [0.717, 1.165) is 24.4 Å². The molecule has 3 heterocycles. The second-order valence-corrected chi connectivity index (χ2v) is 16.2. The highest BCUT2D eigenvalue weighted by Crippen LogP contribution is 2.44. The molecule has 1 saturated carbocycles. The average molecular weight is 541 g/mol. The van der Waals surface area contributed by atoms with Gasteiger partial charge in [-0.1, -0.05) is 25.7 Å². The highest BCUT2D eigenvalue weighted by atomic mass is 28.3. The minimum atomic E-state index is -3.00. The first-order valence-electron chi connectivity index (χ1n) is 12.5. The summed E-state index contributed by atoms with van der Waals surface area (Å²) >= 11 is 0. The highest BCUT2D eigenvalue weighted by Gasteiger charge is 2.27. The molecule has 1 aromatic carbocycles. The molecule has 1 amide bonds. The van der Waals surface area contributed by atoms with Gasteiger partial charge in [0.1, 0.15) is 23.7 Å². The van der Waals surface area contributed by atoms with Crippen LogP contribution in [0.2, 0.25) is 25.7 Å². The molecule has 0 radical (unpaired) electrons. The van der Waals surface area contributed by atoms with Gasteiger partial charge in [0, 0.05) is 32.6 Å². The number of alkyl halides is 2. The Morgan fingerprint density at radius 3 is 2.82 bits per heavy atom. The summed E-state index contributed by atoms with van der Waals surface area (Å²) in [5, 5.41) is 11.7. The van der Waals surface area contributed by atoms with Gasteiger partial charge in [-0.25, -0.2) is 14.2 Å². The number of hydrogen-bond acceptors (Lipinski definition) is 6. The Hall–Kier alpha value is -3.64. The Morgan fingerprint density at radius 1 is 1.26 bits per heavy atom. The standard InChI is InChI=1S/C26H30F2N6O3Si/c1-38(2,3)12-11-36-16-33-15-21(31-25(35)20-14-30-34-10-4-9-29-24(20)34)23(32-33)19-13-18(17-5-6-17)7-8-22(19)37-26(27)28/h4,7-10,13-15,17,26H,5-6,11-12,16H2,1-3H3,(H,31,35). The van der Waals surface area contributed by atoms with Gasteiger partial charge >= 0.3 is 6.61 Å². The lowest BCUT2D eigenvalue weighted by atomic mass is 10.0. The van der Waals surface area contributed by atoms with Crippen molar-refractivity contribution in [3.05, 3.63) is 60.2 Å². The largest absolute Gasteiger partial charge is 0.434 e. The number of ether oxygens (including phenoxy) is 2. The average Bonchev–Trinajstić information content (AvgIpc) is 3.50. The third-order valence-corrected chi connectivity index (χ3v) is 7.98. The van der Waals surface area contributed by atoms with E-state index in [1.807, 2.05) is 6.07 Å². The number of rotatable bonds is 11. The van der Waals surface area contributed by atoms with Gasteiger partial charge in [0.25, 0.3) is 5.91 Å². The second-order valence-electron chi connectivity index (χ2n) is 10.6. The van der Waals surface area contributed by atoms with Crippen molar-refractivity contribution in [2.45, 2.75) is 57.8 Å². The van der Waals surface area contributed by atoms with Gasteiger partial charge < -0.3 is 14.8 Å². The first-order valence-corrected chi connectivity index (χ1v) is 16.2.